The van der Waals surface area contributed by atoms with Gasteiger partial charge in [0.25, 0.3) is 0 Å². The number of aromatic nitrogens is 5. The van der Waals surface area contributed by atoms with Gasteiger partial charge in [-0.05, 0) is 51.7 Å². The van der Waals surface area contributed by atoms with E-state index in [1.165, 1.54) is 0 Å². The number of carbonyl (C=O) groups excluding carboxylic acids is 2. The van der Waals surface area contributed by atoms with Crippen molar-refractivity contribution in [3.8, 4) is 22.4 Å². The zero-order valence-electron chi connectivity index (χ0n) is 20.6. The lowest BCUT2D eigenvalue weighted by Crippen LogP contribution is -2.04. The van der Waals surface area contributed by atoms with Gasteiger partial charge in [-0.25, -0.2) is 9.97 Å². The molecule has 0 aliphatic heterocycles. The van der Waals surface area contributed by atoms with Crippen LogP contribution in [-0.2, 0) is 6.61 Å². The Labute approximate surface area is 228 Å². The number of hydrogen-bond acceptors (Lipinski definition) is 7. The predicted molar refractivity (Wildman–Crippen MR) is 149 cm³/mol. The Balaban J connectivity index is 0.000000160. The summed E-state index contributed by atoms with van der Waals surface area (Å²) < 4.78 is 0. The number of carbonyl (C=O) groups is 2. The molecule has 8 nitrogen and oxygen atoms in total. The van der Waals surface area contributed by atoms with Gasteiger partial charge in [0, 0.05) is 47.7 Å². The van der Waals surface area contributed by atoms with Crippen LogP contribution in [0.25, 0.3) is 22.4 Å². The van der Waals surface area contributed by atoms with Gasteiger partial charge in [-0.2, -0.15) is 11.3 Å². The molecule has 39 heavy (non-hydrogen) atoms. The molecule has 6 aromatic rings. The van der Waals surface area contributed by atoms with E-state index in [4.69, 9.17) is 5.11 Å². The third-order valence-corrected chi connectivity index (χ3v) is 6.54. The Morgan fingerprint density at radius 2 is 1.41 bits per heavy atom. The number of nitrogens with zero attached hydrogens (tertiary/aromatic N) is 3. The number of aliphatic hydroxyl groups is 1. The molecular weight excluding hydrogens is 510 g/mol. The van der Waals surface area contributed by atoms with E-state index in [2.05, 4.69) is 30.3 Å². The van der Waals surface area contributed by atoms with Gasteiger partial charge in [0.05, 0.1) is 12.3 Å². The van der Waals surface area contributed by atoms with Crippen molar-refractivity contribution in [3.05, 3.63) is 137 Å². The molecule has 9 heteroatoms. The monoisotopic (exact) mass is 533 g/mol. The standard InChI is InChI=1S/C16H13N3O2.C14H10N2OS/c20-10-11-1-3-12(4-2-11)14-9-13(5-6-17-14)15(21)16-18-7-8-19-16;17-13(14-15-5-6-16-14)11-3-1-2-10(8-11)12-4-7-18-9-12/h1-9,20H,10H2,(H,18,19);1-9H,(H,15,16). The fourth-order valence-corrected chi connectivity index (χ4v) is 4.50. The third kappa shape index (κ3) is 6.12. The van der Waals surface area contributed by atoms with Crippen LogP contribution in [0.1, 0.15) is 37.9 Å². The lowest BCUT2D eigenvalue weighted by atomic mass is 10.0. The van der Waals surface area contributed by atoms with Crippen molar-refractivity contribution in [2.24, 2.45) is 0 Å². The molecule has 6 rings (SSSR count). The molecular formula is C30H23N5O3S. The number of hydrogen-bond donors (Lipinski definition) is 3. The van der Waals surface area contributed by atoms with Crippen molar-refractivity contribution in [1.82, 2.24) is 24.9 Å². The molecule has 2 aromatic carbocycles. The van der Waals surface area contributed by atoms with Crippen LogP contribution >= 0.6 is 11.3 Å². The van der Waals surface area contributed by atoms with Gasteiger partial charge in [0.1, 0.15) is 0 Å². The molecule has 0 fully saturated rings. The number of pyridine rings is 1. The smallest absolute Gasteiger partial charge is 0.228 e. The van der Waals surface area contributed by atoms with E-state index in [0.29, 0.717) is 28.5 Å². The van der Waals surface area contributed by atoms with E-state index in [-0.39, 0.29) is 18.2 Å². The molecule has 0 aliphatic rings. The molecule has 0 spiro atoms. The second-order valence-electron chi connectivity index (χ2n) is 8.41. The summed E-state index contributed by atoms with van der Waals surface area (Å²) in [6, 6.07) is 20.4. The lowest BCUT2D eigenvalue weighted by Gasteiger charge is -2.04. The fourth-order valence-electron chi connectivity index (χ4n) is 3.83. The quantitative estimate of drug-likeness (QED) is 0.231. The Kier molecular flexibility index (Phi) is 7.92. The van der Waals surface area contributed by atoms with Crippen LogP contribution in [0.3, 0.4) is 0 Å². The second-order valence-corrected chi connectivity index (χ2v) is 9.19. The van der Waals surface area contributed by atoms with E-state index >= 15 is 0 Å². The van der Waals surface area contributed by atoms with Crippen molar-refractivity contribution < 1.29 is 14.7 Å². The molecule has 0 aliphatic carbocycles. The van der Waals surface area contributed by atoms with Gasteiger partial charge in [0.15, 0.2) is 11.6 Å². The highest BCUT2D eigenvalue weighted by atomic mass is 32.1. The Hall–Kier alpha value is -4.99. The molecule has 0 radical (unpaired) electrons. The van der Waals surface area contributed by atoms with Crippen molar-refractivity contribution >= 4 is 22.9 Å². The summed E-state index contributed by atoms with van der Waals surface area (Å²) in [6.45, 7) is 0.00469. The Morgan fingerprint density at radius 3 is 2.00 bits per heavy atom. The molecule has 0 amide bonds. The molecule has 0 saturated heterocycles. The number of imidazole rings is 2. The van der Waals surface area contributed by atoms with Gasteiger partial charge in [-0.3, -0.25) is 14.6 Å². The van der Waals surface area contributed by atoms with E-state index in [1.54, 1.807) is 60.5 Å². The average molecular weight is 534 g/mol. The minimum Gasteiger partial charge on any atom is -0.392 e. The molecule has 0 saturated carbocycles. The van der Waals surface area contributed by atoms with Crippen LogP contribution in [0, 0.1) is 0 Å². The first-order valence-corrected chi connectivity index (χ1v) is 12.9. The van der Waals surface area contributed by atoms with Gasteiger partial charge in [0.2, 0.25) is 11.6 Å². The predicted octanol–water partition coefficient (Wildman–Crippen LogP) is 5.56. The van der Waals surface area contributed by atoms with Crippen LogP contribution < -0.4 is 0 Å². The Morgan fingerprint density at radius 1 is 0.718 bits per heavy atom. The summed E-state index contributed by atoms with van der Waals surface area (Å²) in [7, 11) is 0. The minimum atomic E-state index is -0.171. The first kappa shape index (κ1) is 25.7. The van der Waals surface area contributed by atoms with Crippen LogP contribution in [-0.4, -0.2) is 41.6 Å². The number of aliphatic hydroxyl groups excluding tert-OH is 1. The fraction of sp³-hybridized carbons (Fsp3) is 0.0333. The molecule has 4 aromatic heterocycles. The molecule has 3 N–H and O–H groups in total. The molecule has 0 unspecified atom stereocenters. The number of benzene rings is 2. The van der Waals surface area contributed by atoms with Crippen molar-refractivity contribution in [1.29, 1.82) is 0 Å². The van der Waals surface area contributed by atoms with Crippen molar-refractivity contribution in [2.45, 2.75) is 6.61 Å². The third-order valence-electron chi connectivity index (χ3n) is 5.86. The maximum atomic E-state index is 12.2. The molecule has 192 valence electrons. The van der Waals surface area contributed by atoms with Gasteiger partial charge >= 0.3 is 0 Å². The first-order chi connectivity index (χ1) is 19.1. The molecule has 4 heterocycles. The summed E-state index contributed by atoms with van der Waals surface area (Å²) in [5.74, 6) is 0.424. The zero-order chi connectivity index (χ0) is 27.0. The average Bonchev–Trinajstić information content (AvgIpc) is 3.81. The first-order valence-electron chi connectivity index (χ1n) is 12.0. The van der Waals surface area contributed by atoms with Crippen molar-refractivity contribution in [2.75, 3.05) is 0 Å². The van der Waals surface area contributed by atoms with E-state index in [9.17, 15) is 9.59 Å². The second kappa shape index (κ2) is 12.0. The van der Waals surface area contributed by atoms with E-state index in [0.717, 1.165) is 22.3 Å². The minimum absolute atomic E-state index is 0.00469. The summed E-state index contributed by atoms with van der Waals surface area (Å²) in [5, 5.41) is 13.1. The highest BCUT2D eigenvalue weighted by Gasteiger charge is 2.13. The van der Waals surface area contributed by atoms with Crippen LogP contribution in [0.15, 0.2) is 108 Å². The maximum absolute atomic E-state index is 12.2. The molecule has 0 bridgehead atoms. The number of thiophene rings is 1. The largest absolute Gasteiger partial charge is 0.392 e. The van der Waals surface area contributed by atoms with Crippen LogP contribution in [0.4, 0.5) is 0 Å². The number of rotatable bonds is 7. The number of ketones is 2. The van der Waals surface area contributed by atoms with Crippen LogP contribution in [0.2, 0.25) is 0 Å². The van der Waals surface area contributed by atoms with Crippen LogP contribution in [0.5, 0.6) is 0 Å². The summed E-state index contributed by atoms with van der Waals surface area (Å²) >= 11 is 1.64. The summed E-state index contributed by atoms with van der Waals surface area (Å²) in [4.78, 5) is 42.2. The van der Waals surface area contributed by atoms with E-state index in [1.807, 2.05) is 53.9 Å². The highest BCUT2D eigenvalue weighted by molar-refractivity contribution is 7.08. The highest BCUT2D eigenvalue weighted by Crippen LogP contribution is 2.23. The van der Waals surface area contributed by atoms with Gasteiger partial charge in [-0.1, -0.05) is 42.5 Å². The Bertz CT molecular complexity index is 1660. The van der Waals surface area contributed by atoms with Gasteiger partial charge < -0.3 is 15.1 Å². The maximum Gasteiger partial charge on any atom is 0.228 e. The zero-order valence-corrected chi connectivity index (χ0v) is 21.4. The SMILES string of the molecule is O=C(c1cccc(-c2ccsc2)c1)c1ncc[nH]1.O=C(c1ccnc(-c2ccc(CO)cc2)c1)c1ncc[nH]1. The molecule has 0 atom stereocenters. The summed E-state index contributed by atoms with van der Waals surface area (Å²) in [5.41, 5.74) is 5.79. The number of nitrogens with one attached hydrogen (secondary N) is 2. The van der Waals surface area contributed by atoms with Gasteiger partial charge in [-0.15, -0.1) is 0 Å². The van der Waals surface area contributed by atoms with E-state index < -0.39 is 0 Å². The number of aromatic amines is 2. The normalized spacial score (nSPS) is 10.5. The summed E-state index contributed by atoms with van der Waals surface area (Å²) in [6.07, 6.45) is 7.99. The lowest BCUT2D eigenvalue weighted by molar-refractivity contribution is 0.102. The topological polar surface area (TPSA) is 125 Å². The van der Waals surface area contributed by atoms with Crippen molar-refractivity contribution in [3.63, 3.8) is 0 Å². The number of H-pyrrole nitrogens is 2.